The highest BCUT2D eigenvalue weighted by Crippen LogP contribution is 2.26. The van der Waals surface area contributed by atoms with Gasteiger partial charge in [0.25, 0.3) is 5.91 Å². The minimum atomic E-state index is -1.03. The number of hydrogen-bond acceptors (Lipinski definition) is 6. The Labute approximate surface area is 169 Å². The fourth-order valence-corrected chi connectivity index (χ4v) is 3.13. The maximum absolute atomic E-state index is 12.8. The summed E-state index contributed by atoms with van der Waals surface area (Å²) in [5.41, 5.74) is 2.13. The number of hydrogen-bond donors (Lipinski definition) is 3. The molecule has 0 spiro atoms. The van der Waals surface area contributed by atoms with E-state index in [2.05, 4.69) is 15.7 Å². The highest BCUT2D eigenvalue weighted by Gasteiger charge is 2.36. The van der Waals surface area contributed by atoms with Crippen LogP contribution in [-0.2, 0) is 14.3 Å². The molecule has 8 nitrogen and oxygen atoms in total. The highest BCUT2D eigenvalue weighted by atomic mass is 16.5. The molecule has 2 aromatic carbocycles. The van der Waals surface area contributed by atoms with Crippen LogP contribution in [-0.4, -0.2) is 48.5 Å². The van der Waals surface area contributed by atoms with E-state index in [1.54, 1.807) is 37.4 Å². The summed E-state index contributed by atoms with van der Waals surface area (Å²) in [7, 11) is 1.63. The maximum atomic E-state index is 12.8. The Bertz CT molecular complexity index is 901. The summed E-state index contributed by atoms with van der Waals surface area (Å²) in [6.45, 7) is 2.49. The van der Waals surface area contributed by atoms with E-state index < -0.39 is 17.9 Å². The molecule has 3 rings (SSSR count). The van der Waals surface area contributed by atoms with E-state index in [-0.39, 0.29) is 18.2 Å². The summed E-state index contributed by atoms with van der Waals surface area (Å²) in [5, 5.41) is 21.4. The maximum Gasteiger partial charge on any atom is 0.328 e. The quantitative estimate of drug-likeness (QED) is 0.634. The second-order valence-electron chi connectivity index (χ2n) is 6.79. The van der Waals surface area contributed by atoms with Crippen LogP contribution in [0.4, 0.5) is 17.1 Å². The number of rotatable bonds is 8. The molecule has 1 amide bonds. The lowest BCUT2D eigenvalue weighted by molar-refractivity contribution is -0.138. The van der Waals surface area contributed by atoms with Crippen LogP contribution < -0.4 is 15.6 Å². The van der Waals surface area contributed by atoms with E-state index in [4.69, 9.17) is 4.74 Å². The van der Waals surface area contributed by atoms with Crippen LogP contribution in [0.2, 0.25) is 0 Å². The largest absolute Gasteiger partial charge is 0.480 e. The molecule has 1 aliphatic rings. The molecule has 3 N–H and O–H groups in total. The first-order valence-corrected chi connectivity index (χ1v) is 9.30. The smallest absolute Gasteiger partial charge is 0.328 e. The second-order valence-corrected chi connectivity index (χ2v) is 6.79. The third-order valence-corrected chi connectivity index (χ3v) is 4.47. The molecule has 0 bridgehead atoms. The minimum absolute atomic E-state index is 0.0196. The molecular weight excluding hydrogens is 372 g/mol. The summed E-state index contributed by atoms with van der Waals surface area (Å²) in [4.78, 5) is 24.5. The molecule has 2 aromatic rings. The van der Waals surface area contributed by atoms with Crippen molar-refractivity contribution < 1.29 is 19.4 Å². The predicted octanol–water partition coefficient (Wildman–Crippen LogP) is 2.79. The van der Waals surface area contributed by atoms with E-state index in [0.29, 0.717) is 18.0 Å². The molecule has 8 heteroatoms. The zero-order valence-corrected chi connectivity index (χ0v) is 16.3. The van der Waals surface area contributed by atoms with Crippen molar-refractivity contribution in [2.45, 2.75) is 25.4 Å². The summed E-state index contributed by atoms with van der Waals surface area (Å²) < 4.78 is 5.14. The van der Waals surface area contributed by atoms with Crippen molar-refractivity contribution in [3.05, 3.63) is 54.6 Å². The number of hydrazone groups is 1. The lowest BCUT2D eigenvalue weighted by Gasteiger charge is -2.19. The number of carbonyl (C=O) groups is 2. The molecule has 1 aliphatic heterocycles. The number of para-hydroxylation sites is 3. The Balaban J connectivity index is 1.78. The van der Waals surface area contributed by atoms with Gasteiger partial charge in [-0.25, -0.2) is 4.79 Å². The van der Waals surface area contributed by atoms with Crippen LogP contribution in [0.15, 0.2) is 59.7 Å². The monoisotopic (exact) mass is 396 g/mol. The Morgan fingerprint density at radius 2 is 1.83 bits per heavy atom. The van der Waals surface area contributed by atoms with Crippen molar-refractivity contribution in [1.82, 2.24) is 0 Å². The van der Waals surface area contributed by atoms with Gasteiger partial charge in [0.2, 0.25) is 0 Å². The Kier molecular flexibility index (Phi) is 6.46. The van der Waals surface area contributed by atoms with Gasteiger partial charge in [0, 0.05) is 19.6 Å². The predicted molar refractivity (Wildman–Crippen MR) is 112 cm³/mol. The molecule has 1 heterocycles. The lowest BCUT2D eigenvalue weighted by Crippen LogP contribution is -2.34. The zero-order valence-electron chi connectivity index (χ0n) is 16.3. The van der Waals surface area contributed by atoms with Gasteiger partial charge >= 0.3 is 5.97 Å². The average Bonchev–Trinajstić information content (AvgIpc) is 3.16. The molecule has 0 aliphatic carbocycles. The number of ether oxygens (including phenoxy) is 1. The zero-order chi connectivity index (χ0) is 20.8. The number of carboxylic acids is 1. The molecule has 2 atom stereocenters. The first-order chi connectivity index (χ1) is 14.0. The van der Waals surface area contributed by atoms with Gasteiger partial charge < -0.3 is 20.5 Å². The lowest BCUT2D eigenvalue weighted by atomic mass is 10.1. The van der Waals surface area contributed by atoms with E-state index in [0.717, 1.165) is 5.69 Å². The van der Waals surface area contributed by atoms with Crippen LogP contribution in [0.3, 0.4) is 0 Å². The van der Waals surface area contributed by atoms with Crippen molar-refractivity contribution in [1.29, 1.82) is 0 Å². The number of carbonyl (C=O) groups excluding carboxylic acids is 1. The van der Waals surface area contributed by atoms with Crippen molar-refractivity contribution >= 4 is 34.7 Å². The minimum Gasteiger partial charge on any atom is -0.480 e. The standard InChI is InChI=1S/C21H24N4O4/c1-14(13-29-2)22-16-10-6-7-11-17(16)23-20(26)18-12-19(21(27)28)25(24-18)15-8-4-3-5-9-15/h3-11,14,19,22H,12-13H2,1-2H3,(H,23,26)(H,27,28). The van der Waals surface area contributed by atoms with E-state index in [1.165, 1.54) is 5.01 Å². The third-order valence-electron chi connectivity index (χ3n) is 4.47. The third kappa shape index (κ3) is 4.91. The van der Waals surface area contributed by atoms with Crippen LogP contribution in [0.1, 0.15) is 13.3 Å². The van der Waals surface area contributed by atoms with Gasteiger partial charge in [-0.15, -0.1) is 0 Å². The fourth-order valence-electron chi connectivity index (χ4n) is 3.13. The van der Waals surface area contributed by atoms with Crippen molar-refractivity contribution in [2.75, 3.05) is 29.4 Å². The molecule has 29 heavy (non-hydrogen) atoms. The fraction of sp³-hybridized carbons (Fsp3) is 0.286. The first-order valence-electron chi connectivity index (χ1n) is 9.30. The number of amides is 1. The van der Waals surface area contributed by atoms with E-state index in [9.17, 15) is 14.7 Å². The van der Waals surface area contributed by atoms with Crippen molar-refractivity contribution in [3.63, 3.8) is 0 Å². The molecule has 0 saturated carbocycles. The van der Waals surface area contributed by atoms with Crippen LogP contribution in [0.25, 0.3) is 0 Å². The number of nitrogens with zero attached hydrogens (tertiary/aromatic N) is 2. The molecule has 0 fully saturated rings. The SMILES string of the molecule is COCC(C)Nc1ccccc1NC(=O)C1=NN(c2ccccc2)C(C(=O)O)C1. The van der Waals surface area contributed by atoms with Gasteiger partial charge in [0.15, 0.2) is 6.04 Å². The number of benzene rings is 2. The molecule has 152 valence electrons. The summed E-state index contributed by atoms with van der Waals surface area (Å²) in [5.74, 6) is -1.46. The molecular formula is C21H24N4O4. The summed E-state index contributed by atoms with van der Waals surface area (Å²) >= 11 is 0. The second kappa shape index (κ2) is 9.20. The summed E-state index contributed by atoms with van der Waals surface area (Å²) in [6.07, 6.45) is 0.0196. The highest BCUT2D eigenvalue weighted by molar-refractivity contribution is 6.44. The van der Waals surface area contributed by atoms with Gasteiger partial charge in [0.05, 0.1) is 23.7 Å². The Morgan fingerprint density at radius 1 is 1.17 bits per heavy atom. The van der Waals surface area contributed by atoms with Crippen molar-refractivity contribution in [3.8, 4) is 0 Å². The molecule has 2 unspecified atom stereocenters. The van der Waals surface area contributed by atoms with Crippen LogP contribution >= 0.6 is 0 Å². The van der Waals surface area contributed by atoms with Crippen LogP contribution in [0, 0.1) is 0 Å². The van der Waals surface area contributed by atoms with E-state index >= 15 is 0 Å². The number of anilines is 3. The average molecular weight is 396 g/mol. The van der Waals surface area contributed by atoms with Gasteiger partial charge in [-0.2, -0.15) is 5.10 Å². The first kappa shape index (κ1) is 20.3. The topological polar surface area (TPSA) is 103 Å². The Hall–Kier alpha value is -3.39. The van der Waals surface area contributed by atoms with Crippen molar-refractivity contribution in [2.24, 2.45) is 5.10 Å². The Morgan fingerprint density at radius 3 is 2.48 bits per heavy atom. The number of nitrogens with one attached hydrogen (secondary N) is 2. The number of aliphatic carboxylic acids is 1. The molecule has 0 aromatic heterocycles. The van der Waals surface area contributed by atoms with Gasteiger partial charge in [-0.1, -0.05) is 30.3 Å². The van der Waals surface area contributed by atoms with E-state index in [1.807, 2.05) is 31.2 Å². The summed E-state index contributed by atoms with van der Waals surface area (Å²) in [6, 6.07) is 15.4. The molecule has 0 saturated heterocycles. The van der Waals surface area contributed by atoms with Gasteiger partial charge in [-0.05, 0) is 31.2 Å². The number of methoxy groups -OCH3 is 1. The van der Waals surface area contributed by atoms with Crippen LogP contribution in [0.5, 0.6) is 0 Å². The number of carboxylic acid groups (broad SMARTS) is 1. The molecule has 0 radical (unpaired) electrons. The van der Waals surface area contributed by atoms with Gasteiger partial charge in [0.1, 0.15) is 5.71 Å². The normalized spacial score (nSPS) is 16.8. The van der Waals surface area contributed by atoms with Gasteiger partial charge in [-0.3, -0.25) is 9.80 Å².